The van der Waals surface area contributed by atoms with Gasteiger partial charge in [0.2, 0.25) is 6.10 Å². The molecule has 1 aliphatic heterocycles. The predicted molar refractivity (Wildman–Crippen MR) is 67.9 cm³/mol. The van der Waals surface area contributed by atoms with Crippen molar-refractivity contribution in [1.29, 1.82) is 0 Å². The number of ether oxygens (including phenoxy) is 2. The smallest absolute Gasteiger partial charge is 0.348 e. The quantitative estimate of drug-likeness (QED) is 0.728. The van der Waals surface area contributed by atoms with Gasteiger partial charge < -0.3 is 9.47 Å². The van der Waals surface area contributed by atoms with Crippen LogP contribution in [0.25, 0.3) is 0 Å². The third kappa shape index (κ3) is 2.25. The van der Waals surface area contributed by atoms with Crippen molar-refractivity contribution >= 4 is 11.9 Å². The van der Waals surface area contributed by atoms with Gasteiger partial charge in [-0.2, -0.15) is 0 Å². The van der Waals surface area contributed by atoms with E-state index in [1.807, 2.05) is 48.5 Å². The Morgan fingerprint density at radius 1 is 1.33 bits per heavy atom. The summed E-state index contributed by atoms with van der Waals surface area (Å²) < 4.78 is 10.7. The summed E-state index contributed by atoms with van der Waals surface area (Å²) in [4.78, 5) is 23.9. The summed E-state index contributed by atoms with van der Waals surface area (Å²) in [6.07, 6.45) is -0.164. The van der Waals surface area contributed by atoms with Gasteiger partial charge in [0.05, 0.1) is 10.8 Å². The first kappa shape index (κ1) is 15.0. The summed E-state index contributed by atoms with van der Waals surface area (Å²) in [5, 5.41) is 0. The predicted octanol–water partition coefficient (Wildman–Crippen LogP) is 2.70. The van der Waals surface area contributed by atoms with Gasteiger partial charge in [-0.05, 0) is 34.1 Å². The monoisotopic (exact) mass is 256 g/mol. The van der Waals surface area contributed by atoms with Crippen molar-refractivity contribution in [1.82, 2.24) is 0 Å². The van der Waals surface area contributed by atoms with Gasteiger partial charge in [-0.3, -0.25) is 4.79 Å². The Kier molecular flexibility index (Phi) is 3.54. The van der Waals surface area contributed by atoms with Gasteiger partial charge in [0, 0.05) is 0 Å². The fourth-order valence-electron chi connectivity index (χ4n) is 1.65. The van der Waals surface area contributed by atoms with Crippen LogP contribution in [-0.4, -0.2) is 23.6 Å². The summed E-state index contributed by atoms with van der Waals surface area (Å²) in [5.74, 6) is -0.803. The fourth-order valence-corrected chi connectivity index (χ4v) is 1.65. The lowest BCUT2D eigenvalue weighted by atomic mass is 9.75. The van der Waals surface area contributed by atoms with E-state index in [9.17, 15) is 9.59 Å². The molecule has 1 saturated heterocycles. The minimum atomic E-state index is -0.828. The lowest BCUT2D eigenvalue weighted by Gasteiger charge is -2.34. The minimum absolute atomic E-state index is 0.349. The first-order valence-electron chi connectivity index (χ1n) is 6.39. The van der Waals surface area contributed by atoms with E-state index in [4.69, 9.17) is 9.47 Å². The zero-order valence-corrected chi connectivity index (χ0v) is 12.4. The normalized spacial score (nSPS) is 25.7. The number of hydrogen-bond donors (Lipinski definition) is 0. The molecular formula is C14H24O4. The third-order valence-electron chi connectivity index (χ3n) is 4.44. The number of hydrogen-bond acceptors (Lipinski definition) is 4. The van der Waals surface area contributed by atoms with Crippen LogP contribution in [-0.2, 0) is 19.1 Å². The van der Waals surface area contributed by atoms with Crippen molar-refractivity contribution < 1.29 is 19.1 Å². The molecule has 0 aromatic rings. The van der Waals surface area contributed by atoms with Crippen LogP contribution in [0.15, 0.2) is 0 Å². The number of esters is 2. The van der Waals surface area contributed by atoms with Crippen LogP contribution in [0.4, 0.5) is 0 Å². The molecule has 0 radical (unpaired) electrons. The molecule has 0 N–H and O–H groups in total. The molecule has 0 aromatic heterocycles. The summed E-state index contributed by atoms with van der Waals surface area (Å²) in [6.45, 7) is 13.0. The van der Waals surface area contributed by atoms with Crippen molar-refractivity contribution in [3.8, 4) is 0 Å². The van der Waals surface area contributed by atoms with E-state index in [-0.39, 0.29) is 5.97 Å². The molecule has 0 spiro atoms. The van der Waals surface area contributed by atoms with Gasteiger partial charge >= 0.3 is 11.9 Å². The minimum Gasteiger partial charge on any atom is -0.456 e. The molecule has 104 valence electrons. The number of carbonyl (C=O) groups is 2. The maximum Gasteiger partial charge on any atom is 0.348 e. The molecule has 4 nitrogen and oxygen atoms in total. The molecule has 0 aromatic carbocycles. The Balaban J connectivity index is 2.92. The summed E-state index contributed by atoms with van der Waals surface area (Å²) in [5.41, 5.74) is -1.75. The Morgan fingerprint density at radius 2 is 1.83 bits per heavy atom. The molecule has 1 fully saturated rings. The van der Waals surface area contributed by atoms with Crippen LogP contribution in [0.5, 0.6) is 0 Å². The van der Waals surface area contributed by atoms with E-state index in [0.717, 1.165) is 0 Å². The van der Waals surface area contributed by atoms with Crippen LogP contribution in [0.2, 0.25) is 0 Å². The Bertz CT molecular complexity index is 366. The van der Waals surface area contributed by atoms with E-state index in [1.165, 1.54) is 0 Å². The van der Waals surface area contributed by atoms with Gasteiger partial charge in [0.1, 0.15) is 5.60 Å². The number of rotatable bonds is 3. The molecule has 1 aliphatic rings. The summed E-state index contributed by atoms with van der Waals surface area (Å²) >= 11 is 0. The molecule has 1 unspecified atom stereocenters. The van der Waals surface area contributed by atoms with Crippen LogP contribution < -0.4 is 0 Å². The second kappa shape index (κ2) is 4.25. The highest BCUT2D eigenvalue weighted by Gasteiger charge is 2.59. The van der Waals surface area contributed by atoms with Crippen LogP contribution in [0, 0.1) is 10.8 Å². The van der Waals surface area contributed by atoms with E-state index < -0.39 is 28.5 Å². The van der Waals surface area contributed by atoms with E-state index in [1.54, 1.807) is 0 Å². The van der Waals surface area contributed by atoms with Gasteiger partial charge in [0.25, 0.3) is 0 Å². The molecule has 0 saturated carbocycles. The largest absolute Gasteiger partial charge is 0.456 e. The van der Waals surface area contributed by atoms with Crippen LogP contribution >= 0.6 is 0 Å². The summed E-state index contributed by atoms with van der Waals surface area (Å²) in [6, 6.07) is 0. The number of cyclic esters (lactones) is 1. The molecular weight excluding hydrogens is 232 g/mol. The Labute approximate surface area is 109 Å². The average molecular weight is 256 g/mol. The van der Waals surface area contributed by atoms with Crippen molar-refractivity contribution in [2.24, 2.45) is 10.8 Å². The van der Waals surface area contributed by atoms with Gasteiger partial charge in [0.15, 0.2) is 0 Å². The standard InChI is InChI=1S/C14H24O4/c1-8-12(2,3)11(16)17-9-10(15)18-14(6,7)13(9,4)5/h9H,8H2,1-7H3. The van der Waals surface area contributed by atoms with Crippen molar-refractivity contribution in [2.45, 2.75) is 66.6 Å². The molecule has 18 heavy (non-hydrogen) atoms. The molecule has 1 rings (SSSR count). The third-order valence-corrected chi connectivity index (χ3v) is 4.44. The van der Waals surface area contributed by atoms with Crippen LogP contribution in [0.3, 0.4) is 0 Å². The zero-order chi connectivity index (χ0) is 14.4. The fraction of sp³-hybridized carbons (Fsp3) is 0.857. The van der Waals surface area contributed by atoms with Crippen LogP contribution in [0.1, 0.15) is 54.9 Å². The van der Waals surface area contributed by atoms with Crippen molar-refractivity contribution in [3.05, 3.63) is 0 Å². The highest BCUT2D eigenvalue weighted by atomic mass is 16.6. The molecule has 4 heteroatoms. The van der Waals surface area contributed by atoms with Gasteiger partial charge in [-0.15, -0.1) is 0 Å². The van der Waals surface area contributed by atoms with Gasteiger partial charge in [-0.25, -0.2) is 4.79 Å². The lowest BCUT2D eigenvalue weighted by molar-refractivity contribution is -0.170. The molecule has 1 atom stereocenters. The maximum atomic E-state index is 12.1. The van der Waals surface area contributed by atoms with E-state index in [2.05, 4.69) is 0 Å². The van der Waals surface area contributed by atoms with Crippen molar-refractivity contribution in [3.63, 3.8) is 0 Å². The Hall–Kier alpha value is -1.06. The number of carbonyl (C=O) groups excluding carboxylic acids is 2. The highest BCUT2D eigenvalue weighted by Crippen LogP contribution is 2.45. The maximum absolute atomic E-state index is 12.1. The van der Waals surface area contributed by atoms with Crippen molar-refractivity contribution in [2.75, 3.05) is 0 Å². The SMILES string of the molecule is CCC(C)(C)C(=O)OC1C(=O)OC(C)(C)C1(C)C. The molecule has 0 amide bonds. The molecule has 1 heterocycles. The second-order valence-electron chi connectivity index (χ2n) is 6.68. The Morgan fingerprint density at radius 3 is 2.17 bits per heavy atom. The molecule has 0 aliphatic carbocycles. The topological polar surface area (TPSA) is 52.6 Å². The van der Waals surface area contributed by atoms with E-state index >= 15 is 0 Å². The average Bonchev–Trinajstić information content (AvgIpc) is 2.37. The van der Waals surface area contributed by atoms with E-state index in [0.29, 0.717) is 6.42 Å². The van der Waals surface area contributed by atoms with Gasteiger partial charge in [-0.1, -0.05) is 20.8 Å². The first-order chi connectivity index (χ1) is 7.95. The summed E-state index contributed by atoms with van der Waals surface area (Å²) in [7, 11) is 0. The molecule has 0 bridgehead atoms. The lowest BCUT2D eigenvalue weighted by Crippen LogP contribution is -2.44. The zero-order valence-electron chi connectivity index (χ0n) is 12.4. The second-order valence-corrected chi connectivity index (χ2v) is 6.68. The first-order valence-corrected chi connectivity index (χ1v) is 6.39. The highest BCUT2D eigenvalue weighted by molar-refractivity contribution is 5.84.